The molecule has 1 aromatic rings. The molecule has 1 unspecified atom stereocenters. The second kappa shape index (κ2) is 8.19. The monoisotopic (exact) mass is 390 g/mol. The minimum Gasteiger partial charge on any atom is -0.490 e. The lowest BCUT2D eigenvalue weighted by atomic mass is 9.89. The molecule has 1 amide bonds. The second-order valence-electron chi connectivity index (χ2n) is 8.83. The van der Waals surface area contributed by atoms with E-state index in [9.17, 15) is 4.79 Å². The van der Waals surface area contributed by atoms with Crippen LogP contribution in [-0.2, 0) is 15.9 Å². The van der Waals surface area contributed by atoms with Crippen LogP contribution in [0.1, 0.15) is 50.3 Å². The van der Waals surface area contributed by atoms with Gasteiger partial charge < -0.3 is 24.0 Å². The first kappa shape index (κ1) is 20.8. The van der Waals surface area contributed by atoms with Gasteiger partial charge in [0.15, 0.2) is 0 Å². The summed E-state index contributed by atoms with van der Waals surface area (Å²) in [5, 5.41) is 0. The van der Waals surface area contributed by atoms with Crippen LogP contribution in [0.5, 0.6) is 5.75 Å². The van der Waals surface area contributed by atoms with E-state index >= 15 is 0 Å². The van der Waals surface area contributed by atoms with Gasteiger partial charge in [-0.25, -0.2) is 4.79 Å². The van der Waals surface area contributed by atoms with Crippen LogP contribution in [0.25, 0.3) is 0 Å². The summed E-state index contributed by atoms with van der Waals surface area (Å²) in [6.45, 7) is 14.5. The maximum Gasteiger partial charge on any atom is 0.410 e. The fourth-order valence-electron chi connectivity index (χ4n) is 4.32. The molecule has 2 heterocycles. The fourth-order valence-corrected chi connectivity index (χ4v) is 4.32. The molecular weight excluding hydrogens is 356 g/mol. The minimum absolute atomic E-state index is 0.229. The number of anilines is 1. The summed E-state index contributed by atoms with van der Waals surface area (Å²) in [6, 6.07) is 2.19. The summed E-state index contributed by atoms with van der Waals surface area (Å²) in [5.74, 6) is 1.19. The Kier molecular flexibility index (Phi) is 6.08. The van der Waals surface area contributed by atoms with Crippen LogP contribution in [0.15, 0.2) is 6.07 Å². The number of ether oxygens (including phenoxy) is 3. The molecule has 2 aliphatic heterocycles. The van der Waals surface area contributed by atoms with E-state index in [4.69, 9.17) is 14.2 Å². The van der Waals surface area contributed by atoms with Crippen LogP contribution in [0.3, 0.4) is 0 Å². The van der Waals surface area contributed by atoms with E-state index in [1.54, 1.807) is 7.11 Å². The number of amides is 1. The van der Waals surface area contributed by atoms with Crippen molar-refractivity contribution in [2.24, 2.45) is 0 Å². The van der Waals surface area contributed by atoms with Gasteiger partial charge in [-0.3, -0.25) is 0 Å². The van der Waals surface area contributed by atoms with Gasteiger partial charge in [-0.2, -0.15) is 0 Å². The van der Waals surface area contributed by atoms with Crippen LogP contribution in [-0.4, -0.2) is 63.1 Å². The molecule has 0 bridgehead atoms. The van der Waals surface area contributed by atoms with Crippen molar-refractivity contribution in [3.8, 4) is 5.75 Å². The van der Waals surface area contributed by atoms with E-state index in [-0.39, 0.29) is 12.0 Å². The summed E-state index contributed by atoms with van der Waals surface area (Å²) in [4.78, 5) is 16.8. The van der Waals surface area contributed by atoms with Gasteiger partial charge in [0.25, 0.3) is 0 Å². The summed E-state index contributed by atoms with van der Waals surface area (Å²) in [5.41, 5.74) is 4.59. The number of benzene rings is 1. The van der Waals surface area contributed by atoms with Crippen molar-refractivity contribution in [3.63, 3.8) is 0 Å². The van der Waals surface area contributed by atoms with Gasteiger partial charge in [0.1, 0.15) is 18.0 Å². The van der Waals surface area contributed by atoms with Crippen molar-refractivity contribution in [1.82, 2.24) is 4.90 Å². The van der Waals surface area contributed by atoms with Gasteiger partial charge in [-0.1, -0.05) is 6.92 Å². The average Bonchev–Trinajstić information content (AvgIpc) is 2.77. The molecule has 0 radical (unpaired) electrons. The third kappa shape index (κ3) is 4.37. The number of carbonyl (C=O) groups excluding carboxylic acids is 1. The Bertz CT molecular complexity index is 726. The molecule has 3 rings (SSSR count). The lowest BCUT2D eigenvalue weighted by Gasteiger charge is -2.34. The van der Waals surface area contributed by atoms with E-state index in [2.05, 4.69) is 24.8 Å². The third-order valence-electron chi connectivity index (χ3n) is 5.43. The van der Waals surface area contributed by atoms with Crippen LogP contribution < -0.4 is 9.64 Å². The summed E-state index contributed by atoms with van der Waals surface area (Å²) in [6.07, 6.45) is 0.585. The molecule has 0 fully saturated rings. The van der Waals surface area contributed by atoms with E-state index in [1.165, 1.54) is 22.4 Å². The zero-order valence-corrected chi connectivity index (χ0v) is 18.1. The maximum absolute atomic E-state index is 12.6. The summed E-state index contributed by atoms with van der Waals surface area (Å²) in [7, 11) is 1.73. The van der Waals surface area contributed by atoms with Crippen molar-refractivity contribution in [3.05, 3.63) is 22.8 Å². The number of methoxy groups -OCH3 is 1. The van der Waals surface area contributed by atoms with Crippen molar-refractivity contribution in [2.45, 2.75) is 52.6 Å². The topological polar surface area (TPSA) is 51.2 Å². The lowest BCUT2D eigenvalue weighted by molar-refractivity contribution is 0.0248. The molecule has 0 aromatic heterocycles. The van der Waals surface area contributed by atoms with Crippen molar-refractivity contribution in [2.75, 3.05) is 51.4 Å². The first-order chi connectivity index (χ1) is 13.2. The van der Waals surface area contributed by atoms with Gasteiger partial charge in [0.2, 0.25) is 0 Å². The zero-order chi connectivity index (χ0) is 20.5. The molecule has 0 N–H and O–H groups in total. The average molecular weight is 391 g/mol. The van der Waals surface area contributed by atoms with E-state index < -0.39 is 5.60 Å². The molecule has 156 valence electrons. The van der Waals surface area contributed by atoms with Gasteiger partial charge >= 0.3 is 6.09 Å². The first-order valence-corrected chi connectivity index (χ1v) is 10.2. The van der Waals surface area contributed by atoms with E-state index in [0.29, 0.717) is 26.3 Å². The minimum atomic E-state index is -0.482. The highest BCUT2D eigenvalue weighted by Gasteiger charge is 2.31. The molecule has 2 aliphatic rings. The van der Waals surface area contributed by atoms with Crippen molar-refractivity contribution < 1.29 is 19.0 Å². The van der Waals surface area contributed by atoms with Crippen molar-refractivity contribution >= 4 is 11.8 Å². The highest BCUT2D eigenvalue weighted by molar-refractivity contribution is 5.71. The van der Waals surface area contributed by atoms with Gasteiger partial charge in [-0.05, 0) is 62.8 Å². The summed E-state index contributed by atoms with van der Waals surface area (Å²) >= 11 is 0. The molecule has 28 heavy (non-hydrogen) atoms. The molecule has 0 saturated carbocycles. The number of nitrogens with zero attached hydrogens (tertiary/aromatic N) is 2. The molecule has 6 nitrogen and oxygen atoms in total. The highest BCUT2D eigenvalue weighted by atomic mass is 16.6. The Balaban J connectivity index is 1.90. The Labute approximate surface area is 168 Å². The molecule has 0 aliphatic carbocycles. The molecule has 1 atom stereocenters. The second-order valence-corrected chi connectivity index (χ2v) is 8.83. The zero-order valence-electron chi connectivity index (χ0n) is 18.1. The predicted molar refractivity (Wildman–Crippen MR) is 111 cm³/mol. The normalized spacial score (nSPS) is 19.4. The Morgan fingerprint density at radius 3 is 2.75 bits per heavy atom. The first-order valence-electron chi connectivity index (χ1n) is 10.2. The smallest absolute Gasteiger partial charge is 0.410 e. The molecule has 6 heteroatoms. The molecule has 0 saturated heterocycles. The highest BCUT2D eigenvalue weighted by Crippen LogP contribution is 2.42. The molecule has 1 aromatic carbocycles. The molecule has 0 spiro atoms. The SMILES string of the molecule is COCCN1CCOc2cc3c(c(C)c21)C(C)CN(C(=O)OC(C)(C)C)CC3. The maximum atomic E-state index is 12.6. The van der Waals surface area contributed by atoms with E-state index in [1.807, 2.05) is 25.7 Å². The van der Waals surface area contributed by atoms with Crippen LogP contribution >= 0.6 is 0 Å². The number of hydrogen-bond acceptors (Lipinski definition) is 5. The predicted octanol–water partition coefficient (Wildman–Crippen LogP) is 3.74. The Morgan fingerprint density at radius 2 is 2.07 bits per heavy atom. The van der Waals surface area contributed by atoms with Crippen LogP contribution in [0.4, 0.5) is 10.5 Å². The van der Waals surface area contributed by atoms with Gasteiger partial charge in [0, 0.05) is 26.7 Å². The molecular formula is C22H34N2O4. The number of rotatable bonds is 3. The van der Waals surface area contributed by atoms with Crippen LogP contribution in [0.2, 0.25) is 0 Å². The standard InChI is InChI=1S/C22H34N2O4/c1-15-14-24(21(25)28-22(3,4)5)8-7-17-13-18-20(16(2)19(15)17)23(9-11-26-6)10-12-27-18/h13,15H,7-12,14H2,1-6H3. The van der Waals surface area contributed by atoms with E-state index in [0.717, 1.165) is 25.3 Å². The van der Waals surface area contributed by atoms with Gasteiger partial charge in [-0.15, -0.1) is 0 Å². The quantitative estimate of drug-likeness (QED) is 0.787. The third-order valence-corrected chi connectivity index (χ3v) is 5.43. The Hall–Kier alpha value is -1.95. The summed E-state index contributed by atoms with van der Waals surface area (Å²) < 4.78 is 16.9. The Morgan fingerprint density at radius 1 is 1.32 bits per heavy atom. The van der Waals surface area contributed by atoms with Crippen LogP contribution in [0, 0.1) is 6.92 Å². The number of hydrogen-bond donors (Lipinski definition) is 0. The number of carbonyl (C=O) groups is 1. The van der Waals surface area contributed by atoms with Gasteiger partial charge in [0.05, 0.1) is 18.8 Å². The largest absolute Gasteiger partial charge is 0.490 e. The van der Waals surface area contributed by atoms with Crippen molar-refractivity contribution in [1.29, 1.82) is 0 Å². The number of fused-ring (bicyclic) bond motifs is 2. The lowest BCUT2D eigenvalue weighted by Crippen LogP contribution is -2.39. The fraction of sp³-hybridized carbons (Fsp3) is 0.682.